The zero-order valence-corrected chi connectivity index (χ0v) is 27.2. The van der Waals surface area contributed by atoms with E-state index in [0.717, 1.165) is 18.9 Å². The van der Waals surface area contributed by atoms with Crippen molar-refractivity contribution in [2.24, 2.45) is 0 Å². The highest BCUT2D eigenvalue weighted by Crippen LogP contribution is 2.39. The molecule has 4 aromatic rings. The molecule has 2 N–H and O–H groups in total. The first-order valence-electron chi connectivity index (χ1n) is 15.7. The molecule has 1 saturated carbocycles. The number of hydrogen-bond donors (Lipinski definition) is 2. The summed E-state index contributed by atoms with van der Waals surface area (Å²) in [6, 6.07) is 12.5. The standard InChI is InChI=1S/C36H35FN4O8/c1-47-31-16-21(17-32(48-2)34(31)49-3)4-11-30(42)22-5-7-23(8-6-22)38-36(46)40-14-12-39(13-15-40)29-19-28-25(18-27(29)37)33(43)26(35(44)45)20-41(28)24-9-10-24/h4-8,11,16-20,24H,9-10,12-15H2,1-3H3,(H,38,46)(H,44,45)/b11-4+. The molecule has 2 heterocycles. The van der Waals surface area contributed by atoms with E-state index in [2.05, 4.69) is 5.32 Å². The van der Waals surface area contributed by atoms with E-state index in [0.29, 0.717) is 71.4 Å². The lowest BCUT2D eigenvalue weighted by Crippen LogP contribution is -2.50. The Labute approximate surface area is 280 Å². The molecule has 2 amide bonds. The van der Waals surface area contributed by atoms with Crippen LogP contribution in [0.3, 0.4) is 0 Å². The number of methoxy groups -OCH3 is 3. The van der Waals surface area contributed by atoms with Gasteiger partial charge in [-0.2, -0.15) is 0 Å². The van der Waals surface area contributed by atoms with E-state index in [9.17, 15) is 24.3 Å². The number of pyridine rings is 1. The third kappa shape index (κ3) is 6.77. The summed E-state index contributed by atoms with van der Waals surface area (Å²) in [5.74, 6) is -0.817. The number of amides is 2. The molecule has 1 aromatic heterocycles. The molecule has 2 aliphatic rings. The average Bonchev–Trinajstić information content (AvgIpc) is 3.96. The molecule has 0 radical (unpaired) electrons. The number of carbonyl (C=O) groups excluding carboxylic acids is 2. The van der Waals surface area contributed by atoms with E-state index in [4.69, 9.17) is 14.2 Å². The number of rotatable bonds is 10. The van der Waals surface area contributed by atoms with Gasteiger partial charge >= 0.3 is 12.0 Å². The van der Waals surface area contributed by atoms with Crippen molar-refractivity contribution in [1.29, 1.82) is 0 Å². The molecule has 13 heteroatoms. The van der Waals surface area contributed by atoms with Gasteiger partial charge in [-0.1, -0.05) is 6.08 Å². The first-order valence-corrected chi connectivity index (χ1v) is 15.7. The number of anilines is 2. The Morgan fingerprint density at radius 3 is 2.14 bits per heavy atom. The van der Waals surface area contributed by atoms with Gasteiger partial charge in [0, 0.05) is 55.1 Å². The summed E-state index contributed by atoms with van der Waals surface area (Å²) in [5.41, 5.74) is 1.32. The van der Waals surface area contributed by atoms with E-state index < -0.39 is 17.2 Å². The van der Waals surface area contributed by atoms with Crippen molar-refractivity contribution in [1.82, 2.24) is 9.47 Å². The summed E-state index contributed by atoms with van der Waals surface area (Å²) in [7, 11) is 4.54. The van der Waals surface area contributed by atoms with Crippen molar-refractivity contribution in [3.8, 4) is 17.2 Å². The highest BCUT2D eigenvalue weighted by molar-refractivity contribution is 6.07. The Bertz CT molecular complexity index is 2000. The second-order valence-corrected chi connectivity index (χ2v) is 11.8. The minimum atomic E-state index is -1.34. The maximum atomic E-state index is 15.3. The van der Waals surface area contributed by atoms with Crippen molar-refractivity contribution in [2.75, 3.05) is 57.7 Å². The molecule has 1 aliphatic carbocycles. The van der Waals surface area contributed by atoms with E-state index >= 15 is 4.39 Å². The number of aromatic nitrogens is 1. The first-order chi connectivity index (χ1) is 23.6. The quantitative estimate of drug-likeness (QED) is 0.167. The highest BCUT2D eigenvalue weighted by Gasteiger charge is 2.29. The lowest BCUT2D eigenvalue weighted by molar-refractivity contribution is 0.0694. The fourth-order valence-electron chi connectivity index (χ4n) is 5.94. The van der Waals surface area contributed by atoms with Crippen LogP contribution in [-0.2, 0) is 0 Å². The molecule has 6 rings (SSSR count). The molecule has 0 bridgehead atoms. The lowest BCUT2D eigenvalue weighted by Gasteiger charge is -2.36. The van der Waals surface area contributed by atoms with Crippen LogP contribution >= 0.6 is 0 Å². The molecule has 12 nitrogen and oxygen atoms in total. The number of carbonyl (C=O) groups is 3. The lowest BCUT2D eigenvalue weighted by atomic mass is 10.1. The number of nitrogens with zero attached hydrogens (tertiary/aromatic N) is 3. The van der Waals surface area contributed by atoms with Crippen LogP contribution in [0.25, 0.3) is 17.0 Å². The Balaban J connectivity index is 1.08. The first kappa shape index (κ1) is 33.1. The van der Waals surface area contributed by atoms with Gasteiger partial charge in [0.05, 0.1) is 32.5 Å². The Kier molecular flexibility index (Phi) is 9.25. The molecule has 3 aromatic carbocycles. The number of carboxylic acid groups (broad SMARTS) is 1. The summed E-state index contributed by atoms with van der Waals surface area (Å²) in [5, 5.41) is 12.4. The summed E-state index contributed by atoms with van der Waals surface area (Å²) in [6.07, 6.45) is 6.14. The summed E-state index contributed by atoms with van der Waals surface area (Å²) < 4.78 is 33.2. The van der Waals surface area contributed by atoms with Gasteiger partial charge < -0.3 is 39.0 Å². The zero-order chi connectivity index (χ0) is 34.8. The van der Waals surface area contributed by atoms with Gasteiger partial charge in [0.1, 0.15) is 11.4 Å². The minimum absolute atomic E-state index is 0.0355. The van der Waals surface area contributed by atoms with E-state index in [1.54, 1.807) is 58.0 Å². The zero-order valence-electron chi connectivity index (χ0n) is 27.2. The summed E-state index contributed by atoms with van der Waals surface area (Å²) in [4.78, 5) is 53.8. The molecule has 49 heavy (non-hydrogen) atoms. The molecule has 1 saturated heterocycles. The van der Waals surface area contributed by atoms with Gasteiger partial charge in [-0.05, 0) is 73.0 Å². The van der Waals surface area contributed by atoms with Crippen molar-refractivity contribution in [2.45, 2.75) is 18.9 Å². The third-order valence-electron chi connectivity index (χ3n) is 8.71. The molecular weight excluding hydrogens is 635 g/mol. The number of fused-ring (bicyclic) bond motifs is 1. The Morgan fingerprint density at radius 1 is 0.918 bits per heavy atom. The third-order valence-corrected chi connectivity index (χ3v) is 8.71. The van der Waals surface area contributed by atoms with Gasteiger partial charge in [0.25, 0.3) is 0 Å². The largest absolute Gasteiger partial charge is 0.493 e. The number of nitrogens with one attached hydrogen (secondary N) is 1. The summed E-state index contributed by atoms with van der Waals surface area (Å²) >= 11 is 0. The smallest absolute Gasteiger partial charge is 0.341 e. The van der Waals surface area contributed by atoms with Crippen LogP contribution in [0.1, 0.15) is 45.2 Å². The monoisotopic (exact) mass is 670 g/mol. The Hall–Kier alpha value is -5.85. The topological polar surface area (TPSA) is 140 Å². The molecule has 0 atom stereocenters. The summed E-state index contributed by atoms with van der Waals surface area (Å²) in [6.45, 7) is 1.34. The molecule has 254 valence electrons. The molecular formula is C36H35FN4O8. The van der Waals surface area contributed by atoms with Crippen LogP contribution in [0.2, 0.25) is 0 Å². The minimum Gasteiger partial charge on any atom is -0.493 e. The van der Waals surface area contributed by atoms with Gasteiger partial charge in [0.15, 0.2) is 17.3 Å². The van der Waals surface area contributed by atoms with Gasteiger partial charge in [-0.15, -0.1) is 0 Å². The number of aromatic carboxylic acids is 1. The van der Waals surface area contributed by atoms with Crippen molar-refractivity contribution in [3.63, 3.8) is 0 Å². The maximum Gasteiger partial charge on any atom is 0.341 e. The number of ether oxygens (including phenoxy) is 3. The molecule has 2 fully saturated rings. The van der Waals surface area contributed by atoms with Crippen molar-refractivity contribution < 1.29 is 38.1 Å². The van der Waals surface area contributed by atoms with Crippen LogP contribution in [0.5, 0.6) is 17.2 Å². The second-order valence-electron chi connectivity index (χ2n) is 11.8. The average molecular weight is 671 g/mol. The number of allylic oxidation sites excluding steroid dienone is 1. The SMILES string of the molecule is COc1cc(/C=C/C(=O)c2ccc(NC(=O)N3CCN(c4cc5c(cc4F)c(=O)c(C(=O)O)cn5C4CC4)CC3)cc2)cc(OC)c1OC. The van der Waals surface area contributed by atoms with Crippen molar-refractivity contribution in [3.05, 3.63) is 93.5 Å². The highest BCUT2D eigenvalue weighted by atomic mass is 19.1. The normalized spacial score (nSPS) is 14.6. The molecule has 0 spiro atoms. The van der Waals surface area contributed by atoms with Gasteiger partial charge in [-0.25, -0.2) is 14.0 Å². The number of benzene rings is 3. The number of piperazine rings is 1. The predicted octanol–water partition coefficient (Wildman–Crippen LogP) is 5.45. The van der Waals surface area contributed by atoms with Crippen LogP contribution in [0.15, 0.2) is 65.6 Å². The maximum absolute atomic E-state index is 15.3. The fraction of sp³-hybridized carbons (Fsp3) is 0.278. The number of urea groups is 1. The number of halogens is 1. The second kappa shape index (κ2) is 13.7. The van der Waals surface area contributed by atoms with Gasteiger partial charge in [0.2, 0.25) is 11.2 Å². The van der Waals surface area contributed by atoms with Crippen LogP contribution in [0.4, 0.5) is 20.6 Å². The van der Waals surface area contributed by atoms with E-state index in [-0.39, 0.29) is 28.8 Å². The van der Waals surface area contributed by atoms with E-state index in [1.165, 1.54) is 33.6 Å². The number of ketones is 1. The molecule has 1 aliphatic heterocycles. The van der Waals surface area contributed by atoms with Gasteiger partial charge in [-0.3, -0.25) is 9.59 Å². The van der Waals surface area contributed by atoms with E-state index in [1.807, 2.05) is 4.90 Å². The van der Waals surface area contributed by atoms with Crippen LogP contribution in [-0.4, -0.2) is 79.9 Å². The number of carboxylic acids is 1. The predicted molar refractivity (Wildman–Crippen MR) is 182 cm³/mol. The van der Waals surface area contributed by atoms with Crippen molar-refractivity contribution >= 4 is 46.1 Å². The van der Waals surface area contributed by atoms with Crippen LogP contribution < -0.4 is 29.9 Å². The Morgan fingerprint density at radius 2 is 1.57 bits per heavy atom. The fourth-order valence-corrected chi connectivity index (χ4v) is 5.94. The molecule has 0 unspecified atom stereocenters. The number of hydrogen-bond acceptors (Lipinski definition) is 8. The van der Waals surface area contributed by atoms with Crippen LogP contribution in [0, 0.1) is 5.82 Å².